The van der Waals surface area contributed by atoms with Crippen molar-refractivity contribution in [2.75, 3.05) is 5.32 Å². The number of anilines is 1. The van der Waals surface area contributed by atoms with Gasteiger partial charge in [-0.15, -0.1) is 0 Å². The first-order chi connectivity index (χ1) is 16.7. The van der Waals surface area contributed by atoms with Crippen molar-refractivity contribution >= 4 is 23.3 Å². The Bertz CT molecular complexity index is 1390. The van der Waals surface area contributed by atoms with Crippen LogP contribution in [0.3, 0.4) is 0 Å². The summed E-state index contributed by atoms with van der Waals surface area (Å²) in [5.74, 6) is -3.83. The number of halogens is 4. The molecule has 8 nitrogen and oxygen atoms in total. The van der Waals surface area contributed by atoms with Gasteiger partial charge >= 0.3 is 12.1 Å². The Morgan fingerprint density at radius 2 is 1.83 bits per heavy atom. The Kier molecular flexibility index (Phi) is 6.45. The van der Waals surface area contributed by atoms with Gasteiger partial charge in [0.05, 0.1) is 5.69 Å². The molecule has 4 aromatic rings. The van der Waals surface area contributed by atoms with Crippen molar-refractivity contribution in [2.45, 2.75) is 25.6 Å². The van der Waals surface area contributed by atoms with Crippen LogP contribution in [0.2, 0.25) is 0 Å². The summed E-state index contributed by atoms with van der Waals surface area (Å²) in [6.07, 6.45) is -4.14. The summed E-state index contributed by atoms with van der Waals surface area (Å²) in [7, 11) is 0. The van der Waals surface area contributed by atoms with E-state index < -0.39 is 30.0 Å². The van der Waals surface area contributed by atoms with Gasteiger partial charge in [-0.1, -0.05) is 6.92 Å². The van der Waals surface area contributed by atoms with E-state index in [0.717, 1.165) is 0 Å². The van der Waals surface area contributed by atoms with E-state index >= 15 is 0 Å². The first-order valence-electron chi connectivity index (χ1n) is 10.3. The van der Waals surface area contributed by atoms with Crippen LogP contribution >= 0.6 is 0 Å². The van der Waals surface area contributed by atoms with E-state index in [-0.39, 0.29) is 12.2 Å². The zero-order valence-electron chi connectivity index (χ0n) is 18.1. The molecule has 0 fully saturated rings. The molecule has 1 unspecified atom stereocenters. The van der Waals surface area contributed by atoms with Crippen LogP contribution in [0, 0.1) is 5.82 Å². The minimum Gasteiger partial charge on any atom is -0.446 e. The Morgan fingerprint density at radius 1 is 1.09 bits per heavy atom. The predicted molar refractivity (Wildman–Crippen MR) is 116 cm³/mol. The van der Waals surface area contributed by atoms with Gasteiger partial charge in [-0.2, -0.15) is 18.3 Å². The van der Waals surface area contributed by atoms with Gasteiger partial charge in [-0.05, 0) is 55.0 Å². The lowest BCUT2D eigenvalue weighted by Crippen LogP contribution is -2.37. The fourth-order valence-electron chi connectivity index (χ4n) is 3.33. The molecule has 0 aliphatic heterocycles. The molecular weight excluding hydrogens is 470 g/mol. The smallest absolute Gasteiger partial charge is 0.446 e. The number of hydrogen-bond acceptors (Lipinski definition) is 6. The molecule has 0 aliphatic carbocycles. The number of pyridine rings is 1. The highest BCUT2D eigenvalue weighted by molar-refractivity contribution is 5.95. The number of nitrogens with one attached hydrogen (secondary N) is 1. The van der Waals surface area contributed by atoms with Gasteiger partial charge in [0.1, 0.15) is 17.3 Å². The zero-order valence-corrected chi connectivity index (χ0v) is 18.1. The van der Waals surface area contributed by atoms with E-state index in [1.165, 1.54) is 31.3 Å². The number of carbonyl (C=O) groups is 2. The molecular formula is C23H17F4N5O3. The van der Waals surface area contributed by atoms with Crippen LogP contribution in [-0.2, 0) is 14.3 Å². The van der Waals surface area contributed by atoms with Gasteiger partial charge in [0, 0.05) is 23.5 Å². The summed E-state index contributed by atoms with van der Waals surface area (Å²) >= 11 is 0. The molecule has 0 saturated carbocycles. The summed E-state index contributed by atoms with van der Waals surface area (Å²) in [5, 5.41) is 6.69. The maximum atomic E-state index is 13.5. The quantitative estimate of drug-likeness (QED) is 0.319. The fraction of sp³-hybridized carbons (Fsp3) is 0.174. The van der Waals surface area contributed by atoms with Gasteiger partial charge in [0.15, 0.2) is 11.8 Å². The second kappa shape index (κ2) is 9.49. The highest BCUT2D eigenvalue weighted by atomic mass is 19.4. The third-order valence-electron chi connectivity index (χ3n) is 4.94. The van der Waals surface area contributed by atoms with Crippen molar-refractivity contribution in [2.24, 2.45) is 0 Å². The largest absolute Gasteiger partial charge is 0.490 e. The fourth-order valence-corrected chi connectivity index (χ4v) is 3.33. The number of imidazole rings is 1. The molecule has 0 spiro atoms. The monoisotopic (exact) mass is 487 g/mol. The van der Waals surface area contributed by atoms with Crippen molar-refractivity contribution in [1.29, 1.82) is 0 Å². The molecule has 180 valence electrons. The minimum absolute atomic E-state index is 0.00458. The molecule has 35 heavy (non-hydrogen) atoms. The normalized spacial score (nSPS) is 12.4. The topological polar surface area (TPSA) is 98.5 Å². The van der Waals surface area contributed by atoms with Crippen LogP contribution in [0.25, 0.3) is 28.2 Å². The third-order valence-corrected chi connectivity index (χ3v) is 4.94. The SMILES string of the molecule is CCC(OC(=O)C(F)(F)F)C(=O)Nc1cc(-c2c(-c3ccc(F)cc3)nc3cccnn23)ccn1. The van der Waals surface area contributed by atoms with Crippen LogP contribution in [0.15, 0.2) is 60.9 Å². The van der Waals surface area contributed by atoms with E-state index in [9.17, 15) is 27.2 Å². The van der Waals surface area contributed by atoms with Crippen LogP contribution in [0.1, 0.15) is 13.3 Å². The lowest BCUT2D eigenvalue weighted by molar-refractivity contribution is -0.204. The number of amides is 1. The van der Waals surface area contributed by atoms with E-state index in [4.69, 9.17) is 0 Å². The summed E-state index contributed by atoms with van der Waals surface area (Å²) in [6, 6.07) is 12.2. The molecule has 12 heteroatoms. The van der Waals surface area contributed by atoms with Crippen LogP contribution in [0.5, 0.6) is 0 Å². The van der Waals surface area contributed by atoms with Crippen molar-refractivity contribution in [1.82, 2.24) is 19.6 Å². The number of nitrogens with zero attached hydrogens (tertiary/aromatic N) is 4. The molecule has 3 heterocycles. The molecule has 1 aromatic carbocycles. The van der Waals surface area contributed by atoms with Crippen LogP contribution in [-0.4, -0.2) is 43.7 Å². The summed E-state index contributed by atoms with van der Waals surface area (Å²) in [5.41, 5.74) is 2.63. The maximum absolute atomic E-state index is 13.5. The summed E-state index contributed by atoms with van der Waals surface area (Å²) < 4.78 is 56.9. The number of aromatic nitrogens is 4. The third kappa shape index (κ3) is 5.10. The molecule has 0 saturated heterocycles. The Morgan fingerprint density at radius 3 is 2.51 bits per heavy atom. The Labute approximate surface area is 195 Å². The molecule has 3 aromatic heterocycles. The van der Waals surface area contributed by atoms with Crippen molar-refractivity contribution in [3.05, 3.63) is 66.7 Å². The molecule has 0 radical (unpaired) electrons. The van der Waals surface area contributed by atoms with Crippen molar-refractivity contribution < 1.29 is 31.9 Å². The Hall–Kier alpha value is -4.35. The second-order valence-electron chi connectivity index (χ2n) is 7.33. The summed E-state index contributed by atoms with van der Waals surface area (Å²) in [6.45, 7) is 1.40. The van der Waals surface area contributed by atoms with E-state index in [2.05, 4.69) is 25.1 Å². The minimum atomic E-state index is -5.22. The van der Waals surface area contributed by atoms with E-state index in [1.54, 1.807) is 41.0 Å². The summed E-state index contributed by atoms with van der Waals surface area (Å²) in [4.78, 5) is 32.2. The lowest BCUT2D eigenvalue weighted by Gasteiger charge is -2.16. The molecule has 1 atom stereocenters. The number of benzene rings is 1. The molecule has 0 bridgehead atoms. The van der Waals surface area contributed by atoms with Gasteiger partial charge in [0.2, 0.25) is 0 Å². The molecule has 4 rings (SSSR count). The van der Waals surface area contributed by atoms with Crippen LogP contribution < -0.4 is 5.32 Å². The second-order valence-corrected chi connectivity index (χ2v) is 7.33. The van der Waals surface area contributed by atoms with Crippen LogP contribution in [0.4, 0.5) is 23.4 Å². The average Bonchev–Trinajstić information content (AvgIpc) is 3.22. The zero-order chi connectivity index (χ0) is 25.2. The Balaban J connectivity index is 1.68. The number of hydrogen-bond donors (Lipinski definition) is 1. The first kappa shape index (κ1) is 23.8. The van der Waals surface area contributed by atoms with Gasteiger partial charge < -0.3 is 10.1 Å². The predicted octanol–water partition coefficient (Wildman–Crippen LogP) is 4.42. The van der Waals surface area contributed by atoms with Gasteiger partial charge in [-0.3, -0.25) is 4.79 Å². The number of carbonyl (C=O) groups excluding carboxylic acids is 2. The lowest BCUT2D eigenvalue weighted by atomic mass is 10.1. The van der Waals surface area contributed by atoms with E-state index in [0.29, 0.717) is 28.2 Å². The number of esters is 1. The number of rotatable bonds is 6. The highest BCUT2D eigenvalue weighted by Gasteiger charge is 2.43. The van der Waals surface area contributed by atoms with Gasteiger partial charge in [0.25, 0.3) is 5.91 Å². The number of ether oxygens (including phenoxy) is 1. The highest BCUT2D eigenvalue weighted by Crippen LogP contribution is 2.33. The van der Waals surface area contributed by atoms with Crippen molar-refractivity contribution in [3.63, 3.8) is 0 Å². The van der Waals surface area contributed by atoms with E-state index in [1.807, 2.05) is 0 Å². The molecule has 1 N–H and O–H groups in total. The van der Waals surface area contributed by atoms with Gasteiger partial charge in [-0.25, -0.2) is 23.7 Å². The standard InChI is InChI=1S/C23H17F4N5O3/c1-2-16(35-22(34)23(25,26)27)21(33)30-17-12-14(9-11-28-17)20-19(13-5-7-15(24)8-6-13)31-18-4-3-10-29-32(18)20/h3-12,16H,2H2,1H3,(H,28,30,33). The number of alkyl halides is 3. The van der Waals surface area contributed by atoms with Crippen molar-refractivity contribution in [3.8, 4) is 22.5 Å². The number of fused-ring (bicyclic) bond motifs is 1. The first-order valence-corrected chi connectivity index (χ1v) is 10.3. The average molecular weight is 487 g/mol. The maximum Gasteiger partial charge on any atom is 0.490 e. The molecule has 1 amide bonds. The molecule has 0 aliphatic rings.